The normalized spacial score (nSPS) is 16.3. The van der Waals surface area contributed by atoms with Crippen LogP contribution < -0.4 is 10.2 Å². The Balaban J connectivity index is 2.04. The van der Waals surface area contributed by atoms with Crippen LogP contribution in [0.4, 0.5) is 10.1 Å². The molecule has 1 aromatic rings. The van der Waals surface area contributed by atoms with Gasteiger partial charge in [0, 0.05) is 25.7 Å². The van der Waals surface area contributed by atoms with Crippen molar-refractivity contribution in [1.29, 1.82) is 0 Å². The molecule has 0 spiro atoms. The highest BCUT2D eigenvalue weighted by Crippen LogP contribution is 2.21. The molecule has 1 saturated heterocycles. The molecular formula is C14H21FN2O. The molecule has 1 aromatic carbocycles. The highest BCUT2D eigenvalue weighted by molar-refractivity contribution is 5.49. The Hall–Kier alpha value is -1.13. The number of benzene rings is 1. The van der Waals surface area contributed by atoms with E-state index in [0.29, 0.717) is 31.5 Å². The zero-order chi connectivity index (χ0) is 13.0. The molecule has 0 unspecified atom stereocenters. The van der Waals surface area contributed by atoms with E-state index in [1.165, 1.54) is 0 Å². The fraction of sp³-hybridized carbons (Fsp3) is 0.571. The van der Waals surface area contributed by atoms with Gasteiger partial charge < -0.3 is 15.0 Å². The summed E-state index contributed by atoms with van der Waals surface area (Å²) in [5, 5.41) is 3.29. The van der Waals surface area contributed by atoms with Gasteiger partial charge in [-0.25, -0.2) is 4.39 Å². The molecule has 1 aliphatic rings. The molecule has 0 radical (unpaired) electrons. The Morgan fingerprint density at radius 1 is 1.33 bits per heavy atom. The standard InChI is InChI=1S/C14H21FN2O/c1-11(2)16-10-12-3-4-14(13(15)9-12)17-5-7-18-8-6-17/h3-4,9,11,16H,5-8,10H2,1-2H3. The molecule has 4 heteroatoms. The summed E-state index contributed by atoms with van der Waals surface area (Å²) in [5.41, 5.74) is 1.67. The first-order chi connectivity index (χ1) is 8.66. The summed E-state index contributed by atoms with van der Waals surface area (Å²) in [4.78, 5) is 2.04. The smallest absolute Gasteiger partial charge is 0.146 e. The Morgan fingerprint density at radius 3 is 2.67 bits per heavy atom. The summed E-state index contributed by atoms with van der Waals surface area (Å²) in [6.45, 7) is 7.75. The van der Waals surface area contributed by atoms with Crippen LogP contribution in [0.5, 0.6) is 0 Å². The SMILES string of the molecule is CC(C)NCc1ccc(N2CCOCC2)c(F)c1. The Kier molecular flexibility index (Phi) is 4.55. The number of hydrogen-bond acceptors (Lipinski definition) is 3. The van der Waals surface area contributed by atoms with E-state index in [2.05, 4.69) is 19.2 Å². The van der Waals surface area contributed by atoms with Crippen LogP contribution in [0, 0.1) is 5.82 Å². The Morgan fingerprint density at radius 2 is 2.06 bits per heavy atom. The van der Waals surface area contributed by atoms with Crippen LogP contribution in [0.15, 0.2) is 18.2 Å². The van der Waals surface area contributed by atoms with E-state index in [9.17, 15) is 4.39 Å². The van der Waals surface area contributed by atoms with Gasteiger partial charge in [0.2, 0.25) is 0 Å². The maximum Gasteiger partial charge on any atom is 0.146 e. The van der Waals surface area contributed by atoms with E-state index >= 15 is 0 Å². The van der Waals surface area contributed by atoms with Crippen LogP contribution in [-0.2, 0) is 11.3 Å². The third-order valence-electron chi connectivity index (χ3n) is 3.08. The number of rotatable bonds is 4. The van der Waals surface area contributed by atoms with Gasteiger partial charge in [0.25, 0.3) is 0 Å². The van der Waals surface area contributed by atoms with Crippen molar-refractivity contribution in [1.82, 2.24) is 5.32 Å². The first kappa shape index (κ1) is 13.3. The van der Waals surface area contributed by atoms with Gasteiger partial charge in [0.05, 0.1) is 18.9 Å². The number of ether oxygens (including phenoxy) is 1. The molecule has 0 bridgehead atoms. The van der Waals surface area contributed by atoms with E-state index in [1.807, 2.05) is 17.0 Å². The zero-order valence-electron chi connectivity index (χ0n) is 11.1. The van der Waals surface area contributed by atoms with Crippen molar-refractivity contribution in [3.63, 3.8) is 0 Å². The van der Waals surface area contributed by atoms with Crippen molar-refractivity contribution in [2.24, 2.45) is 0 Å². The van der Waals surface area contributed by atoms with Gasteiger partial charge >= 0.3 is 0 Å². The zero-order valence-corrected chi connectivity index (χ0v) is 11.1. The van der Waals surface area contributed by atoms with Crippen molar-refractivity contribution in [3.05, 3.63) is 29.6 Å². The van der Waals surface area contributed by atoms with Crippen molar-refractivity contribution < 1.29 is 9.13 Å². The molecule has 0 saturated carbocycles. The summed E-state index contributed by atoms with van der Waals surface area (Å²) in [5.74, 6) is -0.139. The number of nitrogens with zero attached hydrogens (tertiary/aromatic N) is 1. The van der Waals surface area contributed by atoms with Crippen molar-refractivity contribution in [2.45, 2.75) is 26.4 Å². The van der Waals surface area contributed by atoms with Crippen LogP contribution in [-0.4, -0.2) is 32.3 Å². The van der Waals surface area contributed by atoms with Gasteiger partial charge in [0.15, 0.2) is 0 Å². The molecule has 18 heavy (non-hydrogen) atoms. The van der Waals surface area contributed by atoms with Gasteiger partial charge in [-0.15, -0.1) is 0 Å². The quantitative estimate of drug-likeness (QED) is 0.888. The molecule has 1 heterocycles. The molecule has 0 aliphatic carbocycles. The average Bonchev–Trinajstić information content (AvgIpc) is 2.37. The van der Waals surface area contributed by atoms with Gasteiger partial charge in [0.1, 0.15) is 5.82 Å². The largest absolute Gasteiger partial charge is 0.378 e. The molecule has 3 nitrogen and oxygen atoms in total. The van der Waals surface area contributed by atoms with Crippen LogP contribution in [0.2, 0.25) is 0 Å². The summed E-state index contributed by atoms with van der Waals surface area (Å²) < 4.78 is 19.3. The topological polar surface area (TPSA) is 24.5 Å². The second-order valence-electron chi connectivity index (χ2n) is 4.92. The van der Waals surface area contributed by atoms with E-state index in [-0.39, 0.29) is 5.82 Å². The molecule has 1 fully saturated rings. The van der Waals surface area contributed by atoms with E-state index in [0.717, 1.165) is 18.7 Å². The summed E-state index contributed by atoms with van der Waals surface area (Å²) >= 11 is 0. The van der Waals surface area contributed by atoms with Crippen LogP contribution in [0.25, 0.3) is 0 Å². The third kappa shape index (κ3) is 3.43. The average molecular weight is 252 g/mol. The minimum atomic E-state index is -0.139. The number of anilines is 1. The molecule has 0 aromatic heterocycles. The first-order valence-electron chi connectivity index (χ1n) is 6.51. The van der Waals surface area contributed by atoms with Gasteiger partial charge in [-0.1, -0.05) is 19.9 Å². The Labute approximate surface area is 108 Å². The van der Waals surface area contributed by atoms with Crippen molar-refractivity contribution >= 4 is 5.69 Å². The van der Waals surface area contributed by atoms with E-state index in [4.69, 9.17) is 4.74 Å². The highest BCUT2D eigenvalue weighted by atomic mass is 19.1. The van der Waals surface area contributed by atoms with Crippen LogP contribution in [0.3, 0.4) is 0 Å². The molecule has 1 N–H and O–H groups in total. The van der Waals surface area contributed by atoms with E-state index < -0.39 is 0 Å². The first-order valence-corrected chi connectivity index (χ1v) is 6.51. The summed E-state index contributed by atoms with van der Waals surface area (Å²) in [6, 6.07) is 5.90. The lowest BCUT2D eigenvalue weighted by atomic mass is 10.1. The van der Waals surface area contributed by atoms with Gasteiger partial charge in [-0.2, -0.15) is 0 Å². The fourth-order valence-corrected chi connectivity index (χ4v) is 2.04. The lowest BCUT2D eigenvalue weighted by Crippen LogP contribution is -2.36. The van der Waals surface area contributed by atoms with E-state index in [1.54, 1.807) is 6.07 Å². The highest BCUT2D eigenvalue weighted by Gasteiger charge is 2.15. The van der Waals surface area contributed by atoms with Gasteiger partial charge in [-0.05, 0) is 17.7 Å². The molecule has 2 rings (SSSR count). The lowest BCUT2D eigenvalue weighted by Gasteiger charge is -2.29. The second-order valence-corrected chi connectivity index (χ2v) is 4.92. The number of morpholine rings is 1. The predicted octanol–water partition coefficient (Wildman–Crippen LogP) is 2.16. The third-order valence-corrected chi connectivity index (χ3v) is 3.08. The lowest BCUT2D eigenvalue weighted by molar-refractivity contribution is 0.122. The fourth-order valence-electron chi connectivity index (χ4n) is 2.04. The number of nitrogens with one attached hydrogen (secondary N) is 1. The maximum atomic E-state index is 14.0. The van der Waals surface area contributed by atoms with Gasteiger partial charge in [-0.3, -0.25) is 0 Å². The van der Waals surface area contributed by atoms with Crippen LogP contribution in [0.1, 0.15) is 19.4 Å². The predicted molar refractivity (Wildman–Crippen MR) is 71.4 cm³/mol. The number of hydrogen-bond donors (Lipinski definition) is 1. The summed E-state index contributed by atoms with van der Waals surface area (Å²) in [7, 11) is 0. The molecule has 100 valence electrons. The van der Waals surface area contributed by atoms with Crippen molar-refractivity contribution in [2.75, 3.05) is 31.2 Å². The maximum absolute atomic E-state index is 14.0. The Bertz CT molecular complexity index is 389. The van der Waals surface area contributed by atoms with Crippen LogP contribution >= 0.6 is 0 Å². The van der Waals surface area contributed by atoms with Crippen molar-refractivity contribution in [3.8, 4) is 0 Å². The molecule has 1 aliphatic heterocycles. The molecule has 0 amide bonds. The monoisotopic (exact) mass is 252 g/mol. The number of halogens is 1. The summed E-state index contributed by atoms with van der Waals surface area (Å²) in [6.07, 6.45) is 0. The molecule has 0 atom stereocenters. The minimum Gasteiger partial charge on any atom is -0.378 e. The molecular weight excluding hydrogens is 231 g/mol. The minimum absolute atomic E-state index is 0.139. The second kappa shape index (κ2) is 6.16.